The van der Waals surface area contributed by atoms with Crippen LogP contribution in [0.15, 0.2) is 83.8 Å². The molecule has 0 saturated carbocycles. The molecule has 0 fully saturated rings. The van der Waals surface area contributed by atoms with E-state index in [1.807, 2.05) is 13.0 Å². The lowest BCUT2D eigenvalue weighted by atomic mass is 10.2. The summed E-state index contributed by atoms with van der Waals surface area (Å²) in [5.41, 5.74) is 0.888. The molecule has 0 unspecified atom stereocenters. The van der Waals surface area contributed by atoms with Crippen molar-refractivity contribution in [1.82, 2.24) is 0 Å². The van der Waals surface area contributed by atoms with Gasteiger partial charge in [0, 0.05) is 0 Å². The molecule has 31 heavy (non-hydrogen) atoms. The molecular formula is C23H22N2O5S. The Morgan fingerprint density at radius 3 is 2.48 bits per heavy atom. The number of nitrogens with zero attached hydrogens (tertiary/aromatic N) is 1. The maximum atomic E-state index is 13.3. The van der Waals surface area contributed by atoms with Crippen molar-refractivity contribution in [2.75, 3.05) is 22.8 Å². The van der Waals surface area contributed by atoms with E-state index in [2.05, 4.69) is 5.32 Å². The van der Waals surface area contributed by atoms with Gasteiger partial charge in [-0.3, -0.25) is 9.10 Å². The first-order valence-corrected chi connectivity index (χ1v) is 11.3. The summed E-state index contributed by atoms with van der Waals surface area (Å²) < 4.78 is 39.3. The van der Waals surface area contributed by atoms with E-state index < -0.39 is 22.0 Å². The highest BCUT2D eigenvalue weighted by Gasteiger charge is 2.37. The molecule has 0 aliphatic carbocycles. The molecule has 1 N–H and O–H groups in total. The number of benzene rings is 3. The van der Waals surface area contributed by atoms with Crippen LogP contribution in [0, 0.1) is 0 Å². The number of rotatable bonds is 6. The number of carbonyl (C=O) groups is 1. The van der Waals surface area contributed by atoms with E-state index in [0.29, 0.717) is 29.5 Å². The molecule has 7 nitrogen and oxygen atoms in total. The van der Waals surface area contributed by atoms with Gasteiger partial charge in [0.25, 0.3) is 15.9 Å². The Labute approximate surface area is 181 Å². The third-order valence-corrected chi connectivity index (χ3v) is 6.60. The first-order valence-electron chi connectivity index (χ1n) is 9.87. The second kappa shape index (κ2) is 8.69. The summed E-state index contributed by atoms with van der Waals surface area (Å²) in [5.74, 6) is 0.393. The van der Waals surface area contributed by atoms with Crippen molar-refractivity contribution in [3.8, 4) is 11.5 Å². The minimum atomic E-state index is -3.88. The third kappa shape index (κ3) is 4.20. The van der Waals surface area contributed by atoms with Crippen molar-refractivity contribution in [1.29, 1.82) is 0 Å². The number of anilines is 2. The molecule has 1 aliphatic heterocycles. The Kier molecular flexibility index (Phi) is 5.81. The van der Waals surface area contributed by atoms with Gasteiger partial charge < -0.3 is 14.8 Å². The first kappa shape index (κ1) is 20.7. The zero-order valence-corrected chi connectivity index (χ0v) is 17.7. The van der Waals surface area contributed by atoms with Gasteiger partial charge in [0.05, 0.1) is 29.4 Å². The van der Waals surface area contributed by atoms with Crippen LogP contribution < -0.4 is 19.1 Å². The Hall–Kier alpha value is -3.52. The standard InChI is InChI=1S/C23H22N2O5S/c1-2-29-20-14-8-6-12-18(20)24-23(26)22-16-25(19-13-7-9-15-21(19)30-22)31(27,28)17-10-4-3-5-11-17/h3-15,22H,2,16H2,1H3,(H,24,26)/t22-/m1/s1. The predicted octanol–water partition coefficient (Wildman–Crippen LogP) is 3.68. The number of carbonyl (C=O) groups excluding carboxylic acids is 1. The number of hydrogen-bond acceptors (Lipinski definition) is 5. The summed E-state index contributed by atoms with van der Waals surface area (Å²) in [5, 5.41) is 2.80. The molecule has 8 heteroatoms. The van der Waals surface area contributed by atoms with E-state index in [1.165, 1.54) is 16.4 Å². The lowest BCUT2D eigenvalue weighted by Gasteiger charge is -2.34. The molecule has 1 amide bonds. The number of ether oxygens (including phenoxy) is 2. The highest BCUT2D eigenvalue weighted by Crippen LogP contribution is 2.37. The maximum absolute atomic E-state index is 13.3. The highest BCUT2D eigenvalue weighted by molar-refractivity contribution is 7.92. The van der Waals surface area contributed by atoms with Crippen molar-refractivity contribution in [3.05, 3.63) is 78.9 Å². The molecule has 160 valence electrons. The van der Waals surface area contributed by atoms with E-state index in [9.17, 15) is 13.2 Å². The molecule has 1 atom stereocenters. The molecule has 1 aliphatic rings. The quantitative estimate of drug-likeness (QED) is 0.635. The fraction of sp³-hybridized carbons (Fsp3) is 0.174. The Morgan fingerprint density at radius 2 is 1.71 bits per heavy atom. The first-order chi connectivity index (χ1) is 15.0. The molecule has 0 radical (unpaired) electrons. The summed E-state index contributed by atoms with van der Waals surface area (Å²) in [7, 11) is -3.88. The topological polar surface area (TPSA) is 84.9 Å². The van der Waals surface area contributed by atoms with Gasteiger partial charge in [-0.1, -0.05) is 42.5 Å². The van der Waals surface area contributed by atoms with Gasteiger partial charge >= 0.3 is 0 Å². The predicted molar refractivity (Wildman–Crippen MR) is 118 cm³/mol. The van der Waals surface area contributed by atoms with Crippen LogP contribution in [0.1, 0.15) is 6.92 Å². The van der Waals surface area contributed by atoms with Gasteiger partial charge in [-0.25, -0.2) is 8.42 Å². The van der Waals surface area contributed by atoms with Crippen LogP contribution in [0.4, 0.5) is 11.4 Å². The number of para-hydroxylation sites is 4. The number of amides is 1. The van der Waals surface area contributed by atoms with Crippen LogP contribution in [-0.4, -0.2) is 33.6 Å². The van der Waals surface area contributed by atoms with Crippen LogP contribution in [0.25, 0.3) is 0 Å². The monoisotopic (exact) mass is 438 g/mol. The SMILES string of the molecule is CCOc1ccccc1NC(=O)[C@H]1CN(S(=O)(=O)c2ccccc2)c2ccccc2O1. The van der Waals surface area contributed by atoms with Crippen LogP contribution >= 0.6 is 0 Å². The van der Waals surface area contributed by atoms with Crippen molar-refractivity contribution in [2.45, 2.75) is 17.9 Å². The Bertz CT molecular complexity index is 1180. The van der Waals surface area contributed by atoms with E-state index in [0.717, 1.165) is 0 Å². The summed E-state index contributed by atoms with van der Waals surface area (Å²) in [6, 6.07) is 22.0. The zero-order chi connectivity index (χ0) is 21.8. The van der Waals surface area contributed by atoms with Gasteiger partial charge in [0.2, 0.25) is 0 Å². The van der Waals surface area contributed by atoms with E-state index in [4.69, 9.17) is 9.47 Å². The summed E-state index contributed by atoms with van der Waals surface area (Å²) in [6.07, 6.45) is -1.04. The highest BCUT2D eigenvalue weighted by atomic mass is 32.2. The fourth-order valence-electron chi connectivity index (χ4n) is 3.35. The number of fused-ring (bicyclic) bond motifs is 1. The van der Waals surface area contributed by atoms with Crippen LogP contribution in [0.3, 0.4) is 0 Å². The van der Waals surface area contributed by atoms with Crippen molar-refractivity contribution < 1.29 is 22.7 Å². The van der Waals surface area contributed by atoms with Crippen LogP contribution in [0.2, 0.25) is 0 Å². The van der Waals surface area contributed by atoms with Gasteiger partial charge in [0.1, 0.15) is 11.5 Å². The zero-order valence-electron chi connectivity index (χ0n) is 16.9. The summed E-state index contributed by atoms with van der Waals surface area (Å²) in [6.45, 7) is 2.15. The largest absolute Gasteiger partial charge is 0.492 e. The third-order valence-electron chi connectivity index (χ3n) is 4.80. The minimum Gasteiger partial charge on any atom is -0.492 e. The van der Waals surface area contributed by atoms with Gasteiger partial charge in [-0.2, -0.15) is 0 Å². The average molecular weight is 439 g/mol. The molecule has 0 saturated heterocycles. The van der Waals surface area contributed by atoms with Gasteiger partial charge in [-0.05, 0) is 43.3 Å². The van der Waals surface area contributed by atoms with E-state index in [1.54, 1.807) is 60.7 Å². The summed E-state index contributed by atoms with van der Waals surface area (Å²) >= 11 is 0. The molecule has 0 bridgehead atoms. The smallest absolute Gasteiger partial charge is 0.267 e. The number of sulfonamides is 1. The van der Waals surface area contributed by atoms with Crippen LogP contribution in [0.5, 0.6) is 11.5 Å². The molecule has 0 spiro atoms. The number of hydrogen-bond donors (Lipinski definition) is 1. The second-order valence-electron chi connectivity index (χ2n) is 6.84. The van der Waals surface area contributed by atoms with E-state index >= 15 is 0 Å². The fourth-order valence-corrected chi connectivity index (χ4v) is 4.85. The van der Waals surface area contributed by atoms with Crippen molar-refractivity contribution >= 4 is 27.3 Å². The van der Waals surface area contributed by atoms with Crippen molar-refractivity contribution in [2.24, 2.45) is 0 Å². The summed E-state index contributed by atoms with van der Waals surface area (Å²) in [4.78, 5) is 13.2. The Balaban J connectivity index is 1.65. The van der Waals surface area contributed by atoms with E-state index in [-0.39, 0.29) is 11.4 Å². The maximum Gasteiger partial charge on any atom is 0.267 e. The second-order valence-corrected chi connectivity index (χ2v) is 8.70. The molecule has 3 aromatic rings. The molecule has 3 aromatic carbocycles. The lowest BCUT2D eigenvalue weighted by molar-refractivity contribution is -0.122. The number of nitrogens with one attached hydrogen (secondary N) is 1. The lowest BCUT2D eigenvalue weighted by Crippen LogP contribution is -2.48. The molecule has 4 rings (SSSR count). The van der Waals surface area contributed by atoms with Gasteiger partial charge in [0.15, 0.2) is 6.10 Å². The molecular weight excluding hydrogens is 416 g/mol. The average Bonchev–Trinajstić information content (AvgIpc) is 2.80. The van der Waals surface area contributed by atoms with Crippen LogP contribution in [-0.2, 0) is 14.8 Å². The van der Waals surface area contributed by atoms with Gasteiger partial charge in [-0.15, -0.1) is 0 Å². The van der Waals surface area contributed by atoms with Crippen molar-refractivity contribution in [3.63, 3.8) is 0 Å². The Morgan fingerprint density at radius 1 is 1.03 bits per heavy atom. The minimum absolute atomic E-state index is 0.146. The molecule has 1 heterocycles. The normalized spacial score (nSPS) is 15.5. The molecule has 0 aromatic heterocycles.